The van der Waals surface area contributed by atoms with Crippen LogP contribution in [0.25, 0.3) is 0 Å². The fourth-order valence-electron chi connectivity index (χ4n) is 0.785. The van der Waals surface area contributed by atoms with Crippen molar-refractivity contribution >= 4 is 24.5 Å². The average Bonchev–Trinajstić information content (AvgIpc) is 1.86. The summed E-state index contributed by atoms with van der Waals surface area (Å²) >= 11 is 1.21. The molecule has 0 atom stereocenters. The zero-order valence-electron chi connectivity index (χ0n) is 6.53. The molecule has 0 bridgehead atoms. The maximum atomic E-state index is 10.9. The second-order valence-electron chi connectivity index (χ2n) is 2.59. The van der Waals surface area contributed by atoms with Crippen molar-refractivity contribution in [1.29, 1.82) is 0 Å². The minimum atomic E-state index is -3.02. The molecule has 0 fully saturated rings. The third kappa shape index (κ3) is 2.37. The van der Waals surface area contributed by atoms with Gasteiger partial charge < -0.3 is 0 Å². The molecule has 54 valence electrons. The van der Waals surface area contributed by atoms with Crippen molar-refractivity contribution in [3.63, 3.8) is 0 Å². The Balaban J connectivity index is 3.20. The zero-order chi connectivity index (χ0) is 8.48. The molecule has 0 heterocycles. The molecular weight excluding hydrogens is 155 g/mol. The number of benzene rings is 1. The summed E-state index contributed by atoms with van der Waals surface area (Å²) in [4.78, 5) is 0.378. The van der Waals surface area contributed by atoms with E-state index in [-0.39, 0.29) is 0 Å². The number of hydrogen-bond acceptors (Lipinski definition) is 2. The normalized spacial score (nSPS) is 11.5. The second-order valence-corrected chi connectivity index (χ2v) is 4.60. The van der Waals surface area contributed by atoms with Crippen LogP contribution in [0.4, 0.5) is 0 Å². The molecule has 0 N–H and O–H groups in total. The van der Waals surface area contributed by atoms with Crippen molar-refractivity contribution in [3.8, 4) is 0 Å². The molecular formula is C7H7LiO2S. The van der Waals surface area contributed by atoms with Gasteiger partial charge >= 0.3 is 74.5 Å². The molecule has 0 radical (unpaired) electrons. The van der Waals surface area contributed by atoms with E-state index in [1.807, 2.05) is 6.92 Å². The summed E-state index contributed by atoms with van der Waals surface area (Å²) < 4.78 is 21.9. The standard InChI is InChI=1S/C7H7O2S.Li/c1-6-2-4-7(5-3-6)10(8)9;/h2-5H,1H3;. The predicted molar refractivity (Wildman–Crippen MR) is 44.1 cm³/mol. The van der Waals surface area contributed by atoms with Gasteiger partial charge in [-0.25, -0.2) is 0 Å². The van der Waals surface area contributed by atoms with Gasteiger partial charge in [-0.15, -0.1) is 0 Å². The average molecular weight is 162 g/mol. The van der Waals surface area contributed by atoms with Gasteiger partial charge in [0, 0.05) is 0 Å². The van der Waals surface area contributed by atoms with E-state index < -0.39 is 7.94 Å². The Morgan fingerprint density at radius 3 is 2.00 bits per heavy atom. The number of aryl methyl sites for hydroxylation is 1. The summed E-state index contributed by atoms with van der Waals surface area (Å²) in [5, 5.41) is 0. The fourth-order valence-corrected chi connectivity index (χ4v) is 1.42. The van der Waals surface area contributed by atoms with Crippen LogP contribution in [0.3, 0.4) is 0 Å². The third-order valence-electron chi connectivity index (χ3n) is 1.45. The molecule has 0 spiro atoms. The van der Waals surface area contributed by atoms with E-state index in [0.717, 1.165) is 5.56 Å². The monoisotopic (exact) mass is 162 g/mol. The van der Waals surface area contributed by atoms with Gasteiger partial charge in [0.15, 0.2) is 0 Å². The molecule has 0 aromatic heterocycles. The summed E-state index contributed by atoms with van der Waals surface area (Å²) in [7, 11) is -3.02. The number of hydrogen-bond donors (Lipinski definition) is 0. The van der Waals surface area contributed by atoms with Gasteiger partial charge in [0.2, 0.25) is 0 Å². The van der Waals surface area contributed by atoms with E-state index in [1.165, 1.54) is 16.5 Å². The molecule has 0 aliphatic carbocycles. The number of rotatable bonds is 1. The van der Waals surface area contributed by atoms with E-state index in [0.29, 0.717) is 4.90 Å². The van der Waals surface area contributed by atoms with E-state index in [1.54, 1.807) is 24.3 Å². The van der Waals surface area contributed by atoms with Crippen molar-refractivity contribution < 1.29 is 8.42 Å². The molecule has 0 aliphatic heterocycles. The quantitative estimate of drug-likeness (QED) is 0.574. The summed E-state index contributed by atoms with van der Waals surface area (Å²) in [6, 6.07) is 6.81. The third-order valence-corrected chi connectivity index (χ3v) is 2.58. The summed E-state index contributed by atoms with van der Waals surface area (Å²) in [5.41, 5.74) is 1.07. The SMILES string of the molecule is [Li][S](=O)(=O)c1ccc(C)cc1. The molecule has 2 nitrogen and oxygen atoms in total. The topological polar surface area (TPSA) is 34.1 Å². The summed E-state index contributed by atoms with van der Waals surface area (Å²) in [6.45, 7) is 1.92. The van der Waals surface area contributed by atoms with Crippen LogP contribution >= 0.6 is 0 Å². The van der Waals surface area contributed by atoms with E-state index in [2.05, 4.69) is 0 Å². The van der Waals surface area contributed by atoms with Crippen molar-refractivity contribution in [3.05, 3.63) is 29.8 Å². The van der Waals surface area contributed by atoms with Crippen LogP contribution in [0.5, 0.6) is 0 Å². The first-order chi connectivity index (χ1) is 5.00. The van der Waals surface area contributed by atoms with Crippen LogP contribution in [-0.4, -0.2) is 24.9 Å². The molecule has 4 heteroatoms. The first-order valence-corrected chi connectivity index (χ1v) is 5.16. The van der Waals surface area contributed by atoms with E-state index in [9.17, 15) is 8.42 Å². The first kappa shape index (κ1) is 8.86. The Hall–Kier alpha value is -0.233. The minimum absolute atomic E-state index is 0.378. The Labute approximate surface area is 74.6 Å². The van der Waals surface area contributed by atoms with Crippen LogP contribution < -0.4 is 0 Å². The van der Waals surface area contributed by atoms with Crippen LogP contribution in [0.2, 0.25) is 0 Å². The Kier molecular flexibility index (Phi) is 2.43. The summed E-state index contributed by atoms with van der Waals surface area (Å²) in [6.07, 6.45) is 0. The van der Waals surface area contributed by atoms with Gasteiger partial charge in [-0.1, -0.05) is 0 Å². The van der Waals surface area contributed by atoms with Gasteiger partial charge in [0.25, 0.3) is 0 Å². The van der Waals surface area contributed by atoms with Gasteiger partial charge in [0.1, 0.15) is 0 Å². The Morgan fingerprint density at radius 2 is 1.64 bits per heavy atom. The molecule has 11 heavy (non-hydrogen) atoms. The molecule has 0 saturated carbocycles. The Bertz CT molecular complexity index is 339. The molecule has 1 aromatic carbocycles. The van der Waals surface area contributed by atoms with Crippen molar-refractivity contribution in [2.24, 2.45) is 0 Å². The first-order valence-electron chi connectivity index (χ1n) is 3.27. The predicted octanol–water partition coefficient (Wildman–Crippen LogP) is 0.852. The van der Waals surface area contributed by atoms with Crippen molar-refractivity contribution in [2.45, 2.75) is 11.8 Å². The Morgan fingerprint density at radius 1 is 1.18 bits per heavy atom. The van der Waals surface area contributed by atoms with Gasteiger partial charge in [-0.05, 0) is 0 Å². The fraction of sp³-hybridized carbons (Fsp3) is 0.143. The van der Waals surface area contributed by atoms with Gasteiger partial charge in [-0.3, -0.25) is 0 Å². The maximum absolute atomic E-state index is 10.9. The van der Waals surface area contributed by atoms with Crippen LogP contribution in [-0.2, 0) is 7.94 Å². The van der Waals surface area contributed by atoms with Crippen molar-refractivity contribution in [1.82, 2.24) is 0 Å². The van der Waals surface area contributed by atoms with Crippen LogP contribution in [0.1, 0.15) is 5.56 Å². The van der Waals surface area contributed by atoms with E-state index in [4.69, 9.17) is 0 Å². The molecule has 1 aromatic rings. The van der Waals surface area contributed by atoms with Gasteiger partial charge in [0.05, 0.1) is 0 Å². The van der Waals surface area contributed by atoms with Crippen LogP contribution in [0.15, 0.2) is 29.2 Å². The van der Waals surface area contributed by atoms with Crippen molar-refractivity contribution in [2.75, 3.05) is 0 Å². The molecule has 0 aliphatic rings. The van der Waals surface area contributed by atoms with Gasteiger partial charge in [-0.2, -0.15) is 0 Å². The summed E-state index contributed by atoms with van der Waals surface area (Å²) in [5.74, 6) is 0. The molecule has 0 amide bonds. The molecule has 0 saturated heterocycles. The van der Waals surface area contributed by atoms with E-state index >= 15 is 0 Å². The molecule has 1 rings (SSSR count). The van der Waals surface area contributed by atoms with Crippen LogP contribution in [0, 0.1) is 6.92 Å². The second kappa shape index (κ2) is 3.02. The zero-order valence-corrected chi connectivity index (χ0v) is 7.35. The molecule has 0 unspecified atom stereocenters.